The van der Waals surface area contributed by atoms with Crippen molar-refractivity contribution in [2.45, 2.75) is 6.54 Å². The summed E-state index contributed by atoms with van der Waals surface area (Å²) in [5.41, 5.74) is 0.253. The van der Waals surface area contributed by atoms with Crippen LogP contribution in [0.5, 0.6) is 0 Å². The number of rotatable bonds is 3. The fourth-order valence-electron chi connectivity index (χ4n) is 2.29. The SMILES string of the molecule is O=C1c2cccc([N+](=O)[O-])c2C(=O)N1Cc1cccnc1. The first-order valence-corrected chi connectivity index (χ1v) is 6.12. The summed E-state index contributed by atoms with van der Waals surface area (Å²) in [6.07, 6.45) is 3.12. The number of amides is 2. The Morgan fingerprint density at radius 3 is 2.62 bits per heavy atom. The molecule has 2 aromatic rings. The summed E-state index contributed by atoms with van der Waals surface area (Å²) < 4.78 is 0. The van der Waals surface area contributed by atoms with E-state index in [1.54, 1.807) is 18.3 Å². The summed E-state index contributed by atoms with van der Waals surface area (Å²) in [5, 5.41) is 11.0. The molecule has 1 aromatic heterocycles. The lowest BCUT2D eigenvalue weighted by Crippen LogP contribution is -2.29. The maximum absolute atomic E-state index is 12.3. The van der Waals surface area contributed by atoms with Gasteiger partial charge in [0.25, 0.3) is 17.5 Å². The number of nitro groups is 1. The van der Waals surface area contributed by atoms with Gasteiger partial charge in [0.1, 0.15) is 5.56 Å². The maximum Gasteiger partial charge on any atom is 0.282 e. The highest BCUT2D eigenvalue weighted by Crippen LogP contribution is 2.31. The van der Waals surface area contributed by atoms with E-state index in [1.807, 2.05) is 0 Å². The minimum atomic E-state index is -0.655. The third-order valence-corrected chi connectivity index (χ3v) is 3.24. The van der Waals surface area contributed by atoms with Crippen molar-refractivity contribution in [3.8, 4) is 0 Å². The molecule has 0 saturated heterocycles. The van der Waals surface area contributed by atoms with E-state index in [0.717, 1.165) is 4.90 Å². The molecule has 1 aromatic carbocycles. The van der Waals surface area contributed by atoms with Gasteiger partial charge in [0, 0.05) is 18.5 Å². The van der Waals surface area contributed by atoms with Gasteiger partial charge in [-0.2, -0.15) is 0 Å². The highest BCUT2D eigenvalue weighted by Gasteiger charge is 2.40. The summed E-state index contributed by atoms with van der Waals surface area (Å²) in [4.78, 5) is 39.8. The van der Waals surface area contributed by atoms with Crippen molar-refractivity contribution in [1.29, 1.82) is 0 Å². The molecule has 0 fully saturated rings. The molecule has 0 unspecified atom stereocenters. The van der Waals surface area contributed by atoms with Crippen molar-refractivity contribution in [2.24, 2.45) is 0 Å². The number of fused-ring (bicyclic) bond motifs is 1. The Balaban J connectivity index is 2.01. The van der Waals surface area contributed by atoms with E-state index in [1.165, 1.54) is 24.4 Å². The van der Waals surface area contributed by atoms with Crippen molar-refractivity contribution in [3.63, 3.8) is 0 Å². The van der Waals surface area contributed by atoms with Crippen LogP contribution in [0, 0.1) is 10.1 Å². The predicted octanol–water partition coefficient (Wildman–Crippen LogP) is 1.79. The fraction of sp³-hybridized carbons (Fsp3) is 0.0714. The van der Waals surface area contributed by atoms with E-state index in [0.29, 0.717) is 5.56 Å². The first-order chi connectivity index (χ1) is 10.1. The summed E-state index contributed by atoms with van der Waals surface area (Å²) in [5.74, 6) is -1.17. The van der Waals surface area contributed by atoms with E-state index in [9.17, 15) is 19.7 Å². The van der Waals surface area contributed by atoms with Gasteiger partial charge in [0.15, 0.2) is 0 Å². The van der Waals surface area contributed by atoms with E-state index in [4.69, 9.17) is 0 Å². The van der Waals surface area contributed by atoms with Crippen LogP contribution in [-0.4, -0.2) is 26.6 Å². The smallest absolute Gasteiger partial charge is 0.270 e. The monoisotopic (exact) mass is 283 g/mol. The first-order valence-electron chi connectivity index (χ1n) is 6.12. The second-order valence-corrected chi connectivity index (χ2v) is 4.51. The summed E-state index contributed by atoms with van der Waals surface area (Å²) in [6.45, 7) is 0.0390. The molecule has 1 aliphatic rings. The number of carbonyl (C=O) groups is 2. The van der Waals surface area contributed by atoms with E-state index in [2.05, 4.69) is 4.98 Å². The third kappa shape index (κ3) is 2.04. The van der Waals surface area contributed by atoms with Gasteiger partial charge in [0.05, 0.1) is 17.0 Å². The second kappa shape index (κ2) is 4.78. The molecular weight excluding hydrogens is 274 g/mol. The Hall–Kier alpha value is -3.09. The van der Waals surface area contributed by atoms with Gasteiger partial charge in [-0.05, 0) is 17.7 Å². The Labute approximate surface area is 119 Å². The predicted molar refractivity (Wildman–Crippen MR) is 71.5 cm³/mol. The zero-order chi connectivity index (χ0) is 15.0. The van der Waals surface area contributed by atoms with Crippen molar-refractivity contribution in [1.82, 2.24) is 9.88 Å². The van der Waals surface area contributed by atoms with E-state index >= 15 is 0 Å². The summed E-state index contributed by atoms with van der Waals surface area (Å²) in [6, 6.07) is 7.46. The van der Waals surface area contributed by atoms with Gasteiger partial charge in [0.2, 0.25) is 0 Å². The molecule has 0 spiro atoms. The molecule has 2 heterocycles. The van der Waals surface area contributed by atoms with Crippen LogP contribution in [0.3, 0.4) is 0 Å². The average Bonchev–Trinajstić information content (AvgIpc) is 2.73. The Morgan fingerprint density at radius 1 is 1.14 bits per heavy atom. The fourth-order valence-corrected chi connectivity index (χ4v) is 2.29. The number of pyridine rings is 1. The average molecular weight is 283 g/mol. The van der Waals surface area contributed by atoms with Crippen LogP contribution in [0.1, 0.15) is 26.3 Å². The number of aromatic nitrogens is 1. The van der Waals surface area contributed by atoms with Crippen LogP contribution in [0.25, 0.3) is 0 Å². The molecule has 21 heavy (non-hydrogen) atoms. The van der Waals surface area contributed by atoms with Crippen LogP contribution >= 0.6 is 0 Å². The van der Waals surface area contributed by atoms with Gasteiger partial charge in [-0.3, -0.25) is 29.6 Å². The Morgan fingerprint density at radius 2 is 1.95 bits per heavy atom. The van der Waals surface area contributed by atoms with Gasteiger partial charge < -0.3 is 0 Å². The summed E-state index contributed by atoms with van der Waals surface area (Å²) >= 11 is 0. The molecule has 0 radical (unpaired) electrons. The van der Waals surface area contributed by atoms with E-state index < -0.39 is 16.7 Å². The van der Waals surface area contributed by atoms with E-state index in [-0.39, 0.29) is 23.4 Å². The minimum Gasteiger partial charge on any atom is -0.270 e. The second-order valence-electron chi connectivity index (χ2n) is 4.51. The number of imide groups is 1. The Kier molecular flexibility index (Phi) is 2.94. The number of nitrogens with zero attached hydrogens (tertiary/aromatic N) is 3. The molecule has 7 heteroatoms. The molecule has 1 aliphatic heterocycles. The molecule has 104 valence electrons. The van der Waals surface area contributed by atoms with Gasteiger partial charge in [-0.25, -0.2) is 0 Å². The van der Waals surface area contributed by atoms with Gasteiger partial charge in [-0.15, -0.1) is 0 Å². The summed E-state index contributed by atoms with van der Waals surface area (Å²) in [7, 11) is 0. The van der Waals surface area contributed by atoms with Crippen molar-refractivity contribution in [3.05, 3.63) is 69.5 Å². The molecule has 2 amide bonds. The molecule has 3 rings (SSSR count). The highest BCUT2D eigenvalue weighted by molar-refractivity contribution is 6.23. The lowest BCUT2D eigenvalue weighted by molar-refractivity contribution is -0.385. The minimum absolute atomic E-state index is 0.0390. The standard InChI is InChI=1S/C14H9N3O4/c18-13-10-4-1-5-11(17(20)21)12(10)14(19)16(13)8-9-3-2-6-15-7-9/h1-7H,8H2. The van der Waals surface area contributed by atoms with Gasteiger partial charge >= 0.3 is 0 Å². The largest absolute Gasteiger partial charge is 0.282 e. The molecule has 7 nitrogen and oxygen atoms in total. The molecule has 0 saturated carbocycles. The molecule has 0 bridgehead atoms. The molecule has 0 N–H and O–H groups in total. The van der Waals surface area contributed by atoms with Gasteiger partial charge in [-0.1, -0.05) is 12.1 Å². The van der Waals surface area contributed by atoms with Crippen molar-refractivity contribution >= 4 is 17.5 Å². The number of hydrogen-bond donors (Lipinski definition) is 0. The zero-order valence-electron chi connectivity index (χ0n) is 10.7. The third-order valence-electron chi connectivity index (χ3n) is 3.24. The molecule has 0 atom stereocenters. The normalized spacial score (nSPS) is 13.4. The van der Waals surface area contributed by atoms with Crippen molar-refractivity contribution < 1.29 is 14.5 Å². The topological polar surface area (TPSA) is 93.4 Å². The first kappa shape index (κ1) is 12.9. The van der Waals surface area contributed by atoms with Crippen LogP contribution in [0.2, 0.25) is 0 Å². The zero-order valence-corrected chi connectivity index (χ0v) is 10.7. The quantitative estimate of drug-likeness (QED) is 0.486. The maximum atomic E-state index is 12.3. The number of nitro benzene ring substituents is 1. The van der Waals surface area contributed by atoms with Crippen LogP contribution in [0.4, 0.5) is 5.69 Å². The number of carbonyl (C=O) groups excluding carboxylic acids is 2. The van der Waals surface area contributed by atoms with Crippen LogP contribution in [0.15, 0.2) is 42.7 Å². The lowest BCUT2D eigenvalue weighted by Gasteiger charge is -2.13. The number of hydrogen-bond acceptors (Lipinski definition) is 5. The molecular formula is C14H9N3O4. The number of benzene rings is 1. The highest BCUT2D eigenvalue weighted by atomic mass is 16.6. The van der Waals surface area contributed by atoms with Crippen LogP contribution < -0.4 is 0 Å². The van der Waals surface area contributed by atoms with Crippen molar-refractivity contribution in [2.75, 3.05) is 0 Å². The molecule has 0 aliphatic carbocycles. The van der Waals surface area contributed by atoms with Crippen LogP contribution in [-0.2, 0) is 6.54 Å². The Bertz CT molecular complexity index is 758. The lowest BCUT2D eigenvalue weighted by atomic mass is 10.1.